The zero-order valence-corrected chi connectivity index (χ0v) is 13.3. The van der Waals surface area contributed by atoms with Crippen molar-refractivity contribution in [2.75, 3.05) is 18.8 Å². The molecular formula is C15H19F3N2OS. The summed E-state index contributed by atoms with van der Waals surface area (Å²) in [4.78, 5) is 13.6. The van der Waals surface area contributed by atoms with Gasteiger partial charge in [-0.05, 0) is 17.7 Å². The number of rotatable bonds is 5. The van der Waals surface area contributed by atoms with E-state index in [0.717, 1.165) is 12.1 Å². The first-order valence-corrected chi connectivity index (χ1v) is 8.15. The fraction of sp³-hybridized carbons (Fsp3) is 0.533. The molecule has 0 saturated carbocycles. The van der Waals surface area contributed by atoms with Crippen molar-refractivity contribution in [3.8, 4) is 0 Å². The maximum absolute atomic E-state index is 12.8. The zero-order chi connectivity index (χ0) is 16.3. The second kappa shape index (κ2) is 6.91. The molecule has 1 aliphatic heterocycles. The first-order valence-electron chi connectivity index (χ1n) is 7.10. The summed E-state index contributed by atoms with van der Waals surface area (Å²) in [6.45, 7) is 5.13. The first-order chi connectivity index (χ1) is 10.3. The minimum atomic E-state index is -4.37. The maximum Gasteiger partial charge on any atom is 0.416 e. The Kier molecular flexibility index (Phi) is 5.39. The quantitative estimate of drug-likeness (QED) is 0.898. The molecule has 0 bridgehead atoms. The van der Waals surface area contributed by atoms with Crippen molar-refractivity contribution in [1.82, 2.24) is 10.2 Å². The van der Waals surface area contributed by atoms with E-state index in [0.29, 0.717) is 30.4 Å². The molecule has 0 radical (unpaired) electrons. The molecule has 1 fully saturated rings. The van der Waals surface area contributed by atoms with Crippen LogP contribution in [0.4, 0.5) is 13.2 Å². The SMILES string of the molecule is CC(C)NCCN1C(=O)CS[C@@H]1c1cccc(C(F)(F)F)c1. The Morgan fingerprint density at radius 3 is 2.77 bits per heavy atom. The van der Waals surface area contributed by atoms with Gasteiger partial charge in [0.1, 0.15) is 5.37 Å². The van der Waals surface area contributed by atoms with Crippen LogP contribution < -0.4 is 5.32 Å². The molecular weight excluding hydrogens is 313 g/mol. The highest BCUT2D eigenvalue weighted by Crippen LogP contribution is 2.40. The lowest BCUT2D eigenvalue weighted by atomic mass is 10.1. The van der Waals surface area contributed by atoms with Gasteiger partial charge in [0.25, 0.3) is 0 Å². The molecule has 1 aromatic carbocycles. The van der Waals surface area contributed by atoms with Gasteiger partial charge in [0.15, 0.2) is 0 Å². The largest absolute Gasteiger partial charge is 0.416 e. The lowest BCUT2D eigenvalue weighted by Gasteiger charge is -2.25. The van der Waals surface area contributed by atoms with Gasteiger partial charge in [-0.2, -0.15) is 13.2 Å². The fourth-order valence-corrected chi connectivity index (χ4v) is 3.52. The van der Waals surface area contributed by atoms with Crippen LogP contribution in [0, 0.1) is 0 Å². The Morgan fingerprint density at radius 2 is 2.14 bits per heavy atom. The van der Waals surface area contributed by atoms with Crippen LogP contribution in [0.25, 0.3) is 0 Å². The van der Waals surface area contributed by atoms with Crippen molar-refractivity contribution in [3.63, 3.8) is 0 Å². The molecule has 22 heavy (non-hydrogen) atoms. The number of alkyl halides is 3. The smallest absolute Gasteiger partial charge is 0.325 e. The molecule has 1 atom stereocenters. The van der Waals surface area contributed by atoms with Crippen molar-refractivity contribution in [1.29, 1.82) is 0 Å². The van der Waals surface area contributed by atoms with Crippen molar-refractivity contribution in [2.45, 2.75) is 31.4 Å². The predicted molar refractivity (Wildman–Crippen MR) is 81.5 cm³/mol. The van der Waals surface area contributed by atoms with E-state index in [4.69, 9.17) is 0 Å². The number of nitrogens with one attached hydrogen (secondary N) is 1. The van der Waals surface area contributed by atoms with Gasteiger partial charge >= 0.3 is 6.18 Å². The van der Waals surface area contributed by atoms with E-state index in [1.165, 1.54) is 17.8 Å². The van der Waals surface area contributed by atoms with Crippen molar-refractivity contribution < 1.29 is 18.0 Å². The molecule has 1 aliphatic rings. The summed E-state index contributed by atoms with van der Waals surface area (Å²) in [5, 5.41) is 2.87. The second-order valence-corrected chi connectivity index (χ2v) is 6.55. The average molecular weight is 332 g/mol. The van der Waals surface area contributed by atoms with Crippen LogP contribution in [0.5, 0.6) is 0 Å². The van der Waals surface area contributed by atoms with E-state index in [1.54, 1.807) is 11.0 Å². The monoisotopic (exact) mass is 332 g/mol. The predicted octanol–water partition coefficient (Wildman–Crippen LogP) is 3.28. The van der Waals surface area contributed by atoms with Crippen LogP contribution in [0.3, 0.4) is 0 Å². The van der Waals surface area contributed by atoms with Gasteiger partial charge in [-0.1, -0.05) is 26.0 Å². The van der Waals surface area contributed by atoms with E-state index in [2.05, 4.69) is 5.32 Å². The van der Waals surface area contributed by atoms with Gasteiger partial charge in [0.2, 0.25) is 5.91 Å². The molecule has 0 spiro atoms. The summed E-state index contributed by atoms with van der Waals surface area (Å²) in [6.07, 6.45) is -4.37. The van der Waals surface area contributed by atoms with Gasteiger partial charge < -0.3 is 10.2 Å². The van der Waals surface area contributed by atoms with Gasteiger partial charge in [0, 0.05) is 19.1 Å². The number of carbonyl (C=O) groups is 1. The zero-order valence-electron chi connectivity index (χ0n) is 12.5. The number of benzene rings is 1. The molecule has 1 heterocycles. The summed E-state index contributed by atoms with van der Waals surface area (Å²) < 4.78 is 38.5. The van der Waals surface area contributed by atoms with Crippen LogP contribution in [0.2, 0.25) is 0 Å². The van der Waals surface area contributed by atoms with Crippen molar-refractivity contribution >= 4 is 17.7 Å². The topological polar surface area (TPSA) is 32.3 Å². The number of hydrogen-bond acceptors (Lipinski definition) is 3. The summed E-state index contributed by atoms with van der Waals surface area (Å²) in [5.74, 6) is 0.278. The number of thioether (sulfide) groups is 1. The molecule has 7 heteroatoms. The lowest BCUT2D eigenvalue weighted by Crippen LogP contribution is -2.37. The highest BCUT2D eigenvalue weighted by Gasteiger charge is 2.35. The standard InChI is InChI=1S/C15H19F3N2OS/c1-10(2)19-6-7-20-13(21)9-22-14(20)11-4-3-5-12(8-11)15(16,17)18/h3-5,8,10,14,19H,6-7,9H2,1-2H3/t14-/m1/s1. The van der Waals surface area contributed by atoms with Crippen LogP contribution >= 0.6 is 11.8 Å². The molecule has 1 saturated heterocycles. The summed E-state index contributed by atoms with van der Waals surface area (Å²) in [7, 11) is 0. The van der Waals surface area contributed by atoms with Gasteiger partial charge in [-0.3, -0.25) is 4.79 Å². The number of carbonyl (C=O) groups excluding carboxylic acids is 1. The first kappa shape index (κ1) is 17.1. The van der Waals surface area contributed by atoms with Crippen LogP contribution in [0.1, 0.15) is 30.3 Å². The molecule has 1 aromatic rings. The lowest BCUT2D eigenvalue weighted by molar-refractivity contribution is -0.137. The minimum absolute atomic E-state index is 0.0297. The highest BCUT2D eigenvalue weighted by atomic mass is 32.2. The van der Waals surface area contributed by atoms with Crippen LogP contribution in [-0.4, -0.2) is 35.7 Å². The minimum Gasteiger partial charge on any atom is -0.325 e. The van der Waals surface area contributed by atoms with Crippen LogP contribution in [-0.2, 0) is 11.0 Å². The van der Waals surface area contributed by atoms with E-state index >= 15 is 0 Å². The number of amides is 1. The molecule has 1 N–H and O–H groups in total. The van der Waals surface area contributed by atoms with Crippen LogP contribution in [0.15, 0.2) is 24.3 Å². The number of nitrogens with zero attached hydrogens (tertiary/aromatic N) is 1. The Labute approximate surface area is 132 Å². The summed E-state index contributed by atoms with van der Waals surface area (Å²) in [5.41, 5.74) is -0.152. The highest BCUT2D eigenvalue weighted by molar-refractivity contribution is 8.00. The van der Waals surface area contributed by atoms with E-state index < -0.39 is 11.7 Å². The fourth-order valence-electron chi connectivity index (χ4n) is 2.31. The van der Waals surface area contributed by atoms with E-state index in [1.807, 2.05) is 13.8 Å². The molecule has 2 rings (SSSR count). The van der Waals surface area contributed by atoms with E-state index in [9.17, 15) is 18.0 Å². The van der Waals surface area contributed by atoms with Gasteiger partial charge in [-0.25, -0.2) is 0 Å². The number of halogens is 3. The molecule has 0 aromatic heterocycles. The number of hydrogen-bond donors (Lipinski definition) is 1. The normalized spacial score (nSPS) is 19.3. The Balaban J connectivity index is 2.14. The Morgan fingerprint density at radius 1 is 1.41 bits per heavy atom. The van der Waals surface area contributed by atoms with Gasteiger partial charge in [0.05, 0.1) is 11.3 Å². The molecule has 1 amide bonds. The maximum atomic E-state index is 12.8. The Bertz CT molecular complexity index is 534. The van der Waals surface area contributed by atoms with Crippen molar-refractivity contribution in [2.24, 2.45) is 0 Å². The molecule has 3 nitrogen and oxygen atoms in total. The van der Waals surface area contributed by atoms with Crippen molar-refractivity contribution in [3.05, 3.63) is 35.4 Å². The van der Waals surface area contributed by atoms with Gasteiger partial charge in [-0.15, -0.1) is 11.8 Å². The summed E-state index contributed by atoms with van der Waals surface area (Å²) in [6, 6.07) is 5.53. The average Bonchev–Trinajstić information content (AvgIpc) is 2.79. The molecule has 122 valence electrons. The third-order valence-electron chi connectivity index (χ3n) is 3.37. The third kappa shape index (κ3) is 4.16. The summed E-state index contributed by atoms with van der Waals surface area (Å²) >= 11 is 1.37. The molecule has 0 aliphatic carbocycles. The Hall–Kier alpha value is -1.21. The molecule has 0 unspecified atom stereocenters. The van der Waals surface area contributed by atoms with E-state index in [-0.39, 0.29) is 11.3 Å². The second-order valence-electron chi connectivity index (χ2n) is 5.48. The third-order valence-corrected chi connectivity index (χ3v) is 4.63.